The van der Waals surface area contributed by atoms with Gasteiger partial charge in [0, 0.05) is 6.20 Å². The van der Waals surface area contributed by atoms with E-state index in [0.29, 0.717) is 5.56 Å². The van der Waals surface area contributed by atoms with Crippen LogP contribution in [0.4, 0.5) is 0 Å². The first-order chi connectivity index (χ1) is 16.0. The van der Waals surface area contributed by atoms with Gasteiger partial charge >= 0.3 is 6.01 Å². The van der Waals surface area contributed by atoms with E-state index in [1.807, 2.05) is 41.5 Å². The minimum atomic E-state index is -2.10. The van der Waals surface area contributed by atoms with Crippen LogP contribution in [-0.4, -0.2) is 70.4 Å². The molecule has 0 aliphatic carbocycles. The number of aromatic nitrogens is 2. The van der Waals surface area contributed by atoms with Crippen LogP contribution in [0.2, 0.25) is 18.1 Å². The maximum absolute atomic E-state index is 11.5. The van der Waals surface area contributed by atoms with Crippen LogP contribution < -0.4 is 9.47 Å². The van der Waals surface area contributed by atoms with Crippen LogP contribution in [-0.2, 0) is 13.9 Å². The Morgan fingerprint density at radius 2 is 1.47 bits per heavy atom. The molecule has 2 rings (SSSR count). The molecule has 0 radical (unpaired) electrons. The summed E-state index contributed by atoms with van der Waals surface area (Å²) in [5, 5.41) is 22.6. The van der Waals surface area contributed by atoms with Crippen LogP contribution in [0.1, 0.15) is 87.8 Å². The summed E-state index contributed by atoms with van der Waals surface area (Å²) in [5.74, 6) is -0.835. The first-order valence-corrected chi connectivity index (χ1v) is 15.5. The zero-order valence-electron chi connectivity index (χ0n) is 24.4. The van der Waals surface area contributed by atoms with E-state index in [0.717, 1.165) is 0 Å². The molecular weight excluding hydrogens is 480 g/mol. The largest absolute Gasteiger partial charge is 0.472 e. The monoisotopic (exact) mass is 528 g/mol. The number of nitrogens with zero attached hydrogens (tertiary/aromatic N) is 2. The highest BCUT2D eigenvalue weighted by molar-refractivity contribution is 6.74. The zero-order chi connectivity index (χ0) is 27.9. The quantitative estimate of drug-likeness (QED) is 0.461. The Morgan fingerprint density at radius 3 is 1.97 bits per heavy atom. The molecule has 10 heteroatoms. The molecule has 2 N–H and O–H groups in total. The van der Waals surface area contributed by atoms with Gasteiger partial charge in [-0.05, 0) is 73.5 Å². The van der Waals surface area contributed by atoms with Crippen LogP contribution in [0.15, 0.2) is 6.20 Å². The topological polar surface area (TPSA) is 112 Å². The van der Waals surface area contributed by atoms with Gasteiger partial charge in [0.05, 0.1) is 12.2 Å². The van der Waals surface area contributed by atoms with Crippen molar-refractivity contribution in [2.75, 3.05) is 6.61 Å². The summed E-state index contributed by atoms with van der Waals surface area (Å²) in [6, 6.07) is 0.140. The van der Waals surface area contributed by atoms with Gasteiger partial charge in [-0.25, -0.2) is 4.98 Å². The molecule has 1 unspecified atom stereocenters. The third kappa shape index (κ3) is 8.36. The van der Waals surface area contributed by atoms with Crippen LogP contribution in [0.5, 0.6) is 11.9 Å². The lowest BCUT2D eigenvalue weighted by atomic mass is 9.99. The summed E-state index contributed by atoms with van der Waals surface area (Å²) in [6.07, 6.45) is -2.52. The van der Waals surface area contributed by atoms with Crippen molar-refractivity contribution in [1.82, 2.24) is 9.97 Å². The Bertz CT molecular complexity index is 888. The number of ether oxygens (including phenoxy) is 4. The Morgan fingerprint density at radius 1 is 0.944 bits per heavy atom. The zero-order valence-corrected chi connectivity index (χ0v) is 25.4. The molecule has 0 amide bonds. The molecule has 1 fully saturated rings. The van der Waals surface area contributed by atoms with Crippen molar-refractivity contribution in [3.8, 4) is 11.9 Å². The summed E-state index contributed by atoms with van der Waals surface area (Å²) in [4.78, 5) is 8.74. The second kappa shape index (κ2) is 10.5. The van der Waals surface area contributed by atoms with E-state index < -0.39 is 49.7 Å². The smallest absolute Gasteiger partial charge is 0.320 e. The second-order valence-corrected chi connectivity index (χ2v) is 18.3. The van der Waals surface area contributed by atoms with Gasteiger partial charge < -0.3 is 33.6 Å². The highest BCUT2D eigenvalue weighted by Gasteiger charge is 2.50. The Balaban J connectivity index is 2.36. The Labute approximate surface area is 218 Å². The summed E-state index contributed by atoms with van der Waals surface area (Å²) < 4.78 is 30.2. The van der Waals surface area contributed by atoms with Gasteiger partial charge in [0.25, 0.3) is 0 Å². The molecular formula is C26H48N2O7Si. The predicted octanol–water partition coefficient (Wildman–Crippen LogP) is 4.77. The summed E-state index contributed by atoms with van der Waals surface area (Å²) in [6.45, 7) is 25.6. The first-order valence-electron chi connectivity index (χ1n) is 12.6. The number of aliphatic hydroxyl groups excluding tert-OH is 2. The Hall–Kier alpha value is -1.30. The van der Waals surface area contributed by atoms with Gasteiger partial charge in [0.2, 0.25) is 5.88 Å². The lowest BCUT2D eigenvalue weighted by molar-refractivity contribution is -0.162. The van der Waals surface area contributed by atoms with Crippen molar-refractivity contribution >= 4 is 8.32 Å². The van der Waals surface area contributed by atoms with Crippen LogP contribution in [0, 0.1) is 0 Å². The molecule has 0 saturated carbocycles. The fourth-order valence-electron chi connectivity index (χ4n) is 3.40. The van der Waals surface area contributed by atoms with Crippen molar-refractivity contribution in [2.24, 2.45) is 0 Å². The maximum atomic E-state index is 11.5. The highest BCUT2D eigenvalue weighted by atomic mass is 28.4. The number of hydrogen-bond donors (Lipinski definition) is 2. The molecule has 1 saturated heterocycles. The maximum Gasteiger partial charge on any atom is 0.320 e. The summed E-state index contributed by atoms with van der Waals surface area (Å²) in [5.41, 5.74) is -0.783. The van der Waals surface area contributed by atoms with Crippen LogP contribution in [0.3, 0.4) is 0 Å². The molecule has 1 aromatic rings. The lowest BCUT2D eigenvalue weighted by Crippen LogP contribution is -2.47. The second-order valence-electron chi connectivity index (χ2n) is 13.5. The number of aliphatic hydroxyl groups is 2. The average molecular weight is 529 g/mol. The van der Waals surface area contributed by atoms with Crippen molar-refractivity contribution in [3.05, 3.63) is 11.8 Å². The summed E-state index contributed by atoms with van der Waals surface area (Å²) >= 11 is 0. The molecule has 0 aromatic carbocycles. The van der Waals surface area contributed by atoms with Crippen molar-refractivity contribution in [1.29, 1.82) is 0 Å². The van der Waals surface area contributed by atoms with Gasteiger partial charge in [-0.1, -0.05) is 20.8 Å². The van der Waals surface area contributed by atoms with Crippen molar-refractivity contribution < 1.29 is 33.6 Å². The van der Waals surface area contributed by atoms with Gasteiger partial charge in [-0.15, -0.1) is 0 Å². The fraction of sp³-hybridized carbons (Fsp3) is 0.846. The summed E-state index contributed by atoms with van der Waals surface area (Å²) in [7, 11) is -2.10. The molecule has 36 heavy (non-hydrogen) atoms. The number of rotatable bonds is 8. The fourth-order valence-corrected chi connectivity index (χ4v) is 4.42. The SMILES string of the molecule is CC(C)(C)Oc1ncc(C(O)[C@@H]2OC(C)(C)O[C@@H]2[C@H](O)CO[Si](C)(C)C(C)(C)C)c(OC(C)(C)C)n1. The van der Waals surface area contributed by atoms with Crippen LogP contribution in [0.25, 0.3) is 0 Å². The standard InChI is InChI=1S/C26H48N2O7Si/c1-23(2,3)34-21-16(14-27-22(28-21)35-24(4,5)6)18(30)20-19(32-26(10,11)33-20)17(29)15-31-36(12,13)25(7,8)9/h14,17-20,29-30H,15H2,1-13H3/t17-,18?,19-,20+/m1/s1. The van der Waals surface area contributed by atoms with E-state index in [9.17, 15) is 10.2 Å². The molecule has 1 aliphatic heterocycles. The van der Waals surface area contributed by atoms with E-state index in [-0.39, 0.29) is 23.5 Å². The molecule has 1 aromatic heterocycles. The van der Waals surface area contributed by atoms with E-state index in [1.54, 1.807) is 13.8 Å². The third-order valence-electron chi connectivity index (χ3n) is 6.15. The minimum absolute atomic E-state index is 0.00859. The van der Waals surface area contributed by atoms with Gasteiger partial charge in [0.1, 0.15) is 35.6 Å². The van der Waals surface area contributed by atoms with E-state index >= 15 is 0 Å². The van der Waals surface area contributed by atoms with Crippen LogP contribution >= 0.6 is 0 Å². The van der Waals surface area contributed by atoms with E-state index in [2.05, 4.69) is 43.8 Å². The van der Waals surface area contributed by atoms with Crippen molar-refractivity contribution in [2.45, 2.75) is 136 Å². The molecule has 0 spiro atoms. The molecule has 208 valence electrons. The molecule has 9 nitrogen and oxygen atoms in total. The van der Waals surface area contributed by atoms with Crippen molar-refractivity contribution in [3.63, 3.8) is 0 Å². The third-order valence-corrected chi connectivity index (χ3v) is 10.7. The highest BCUT2D eigenvalue weighted by Crippen LogP contribution is 2.41. The normalized spacial score (nSPS) is 22.9. The molecule has 4 atom stereocenters. The lowest BCUT2D eigenvalue weighted by Gasteiger charge is -2.37. The molecule has 0 bridgehead atoms. The average Bonchev–Trinajstić information content (AvgIpc) is 2.98. The predicted molar refractivity (Wildman–Crippen MR) is 141 cm³/mol. The van der Waals surface area contributed by atoms with Gasteiger partial charge in [-0.3, -0.25) is 0 Å². The minimum Gasteiger partial charge on any atom is -0.472 e. The number of hydrogen-bond acceptors (Lipinski definition) is 9. The Kier molecular flexibility index (Phi) is 8.98. The van der Waals surface area contributed by atoms with Gasteiger partial charge in [0.15, 0.2) is 14.1 Å². The molecule has 1 aliphatic rings. The molecule has 2 heterocycles. The van der Waals surface area contributed by atoms with E-state index in [1.165, 1.54) is 6.20 Å². The van der Waals surface area contributed by atoms with Gasteiger partial charge in [-0.2, -0.15) is 4.98 Å². The van der Waals surface area contributed by atoms with E-state index in [4.69, 9.17) is 23.4 Å². The first kappa shape index (κ1) is 30.9.